The molecule has 1 aliphatic rings. The Labute approximate surface area is 120 Å². The fourth-order valence-electron chi connectivity index (χ4n) is 2.41. The normalized spacial score (nSPS) is 19.0. The standard InChI is InChI=1S/C16H23N3O/c1-2-13-6-8-14(9-7-13)18-16(20)12-19-10-4-3-5-15(19)11-17/h3,5-9,15H,2,4,10-12,17H2,1H3,(H,18,20). The number of amides is 1. The molecule has 0 spiro atoms. The van der Waals surface area contributed by atoms with Crippen LogP contribution in [0, 0.1) is 0 Å². The lowest BCUT2D eigenvalue weighted by Crippen LogP contribution is -2.45. The minimum Gasteiger partial charge on any atom is -0.329 e. The molecule has 0 aromatic heterocycles. The van der Waals surface area contributed by atoms with E-state index in [2.05, 4.69) is 29.3 Å². The van der Waals surface area contributed by atoms with Crippen molar-refractivity contribution in [2.24, 2.45) is 5.73 Å². The average Bonchev–Trinajstić information content (AvgIpc) is 2.48. The molecule has 0 radical (unpaired) electrons. The van der Waals surface area contributed by atoms with Gasteiger partial charge in [0.25, 0.3) is 0 Å². The summed E-state index contributed by atoms with van der Waals surface area (Å²) in [6.07, 6.45) is 6.21. The Balaban J connectivity index is 1.89. The highest BCUT2D eigenvalue weighted by Crippen LogP contribution is 2.12. The van der Waals surface area contributed by atoms with Crippen molar-refractivity contribution in [3.8, 4) is 0 Å². The van der Waals surface area contributed by atoms with E-state index < -0.39 is 0 Å². The molecule has 1 aliphatic heterocycles. The van der Waals surface area contributed by atoms with E-state index in [-0.39, 0.29) is 11.9 Å². The number of rotatable bonds is 5. The predicted molar refractivity (Wildman–Crippen MR) is 82.6 cm³/mol. The maximum Gasteiger partial charge on any atom is 0.238 e. The second-order valence-corrected chi connectivity index (χ2v) is 5.09. The molecular formula is C16H23N3O. The predicted octanol–water partition coefficient (Wildman–Crippen LogP) is 1.78. The zero-order valence-corrected chi connectivity index (χ0v) is 12.0. The zero-order chi connectivity index (χ0) is 14.4. The number of anilines is 1. The third-order valence-corrected chi connectivity index (χ3v) is 3.64. The molecule has 1 aromatic carbocycles. The number of carbonyl (C=O) groups is 1. The van der Waals surface area contributed by atoms with Gasteiger partial charge in [-0.3, -0.25) is 9.69 Å². The number of hydrogen-bond acceptors (Lipinski definition) is 3. The number of hydrogen-bond donors (Lipinski definition) is 2. The molecule has 0 fully saturated rings. The molecule has 1 unspecified atom stereocenters. The summed E-state index contributed by atoms with van der Waals surface area (Å²) >= 11 is 0. The van der Waals surface area contributed by atoms with Gasteiger partial charge in [0.15, 0.2) is 0 Å². The van der Waals surface area contributed by atoms with E-state index in [0.29, 0.717) is 13.1 Å². The summed E-state index contributed by atoms with van der Waals surface area (Å²) in [5.41, 5.74) is 7.85. The minimum absolute atomic E-state index is 0.0167. The average molecular weight is 273 g/mol. The van der Waals surface area contributed by atoms with Gasteiger partial charge >= 0.3 is 0 Å². The Morgan fingerprint density at radius 3 is 2.80 bits per heavy atom. The van der Waals surface area contributed by atoms with Crippen molar-refractivity contribution in [3.05, 3.63) is 42.0 Å². The van der Waals surface area contributed by atoms with Crippen LogP contribution in [0.1, 0.15) is 18.9 Å². The van der Waals surface area contributed by atoms with Crippen LogP contribution in [0.4, 0.5) is 5.69 Å². The van der Waals surface area contributed by atoms with Gasteiger partial charge in [0.1, 0.15) is 0 Å². The maximum absolute atomic E-state index is 12.1. The van der Waals surface area contributed by atoms with Crippen LogP contribution >= 0.6 is 0 Å². The SMILES string of the molecule is CCc1ccc(NC(=O)CN2CCC=CC2CN)cc1. The lowest BCUT2D eigenvalue weighted by Gasteiger charge is -2.30. The molecule has 0 aliphatic carbocycles. The quantitative estimate of drug-likeness (QED) is 0.804. The summed E-state index contributed by atoms with van der Waals surface area (Å²) in [5, 5.41) is 2.94. The van der Waals surface area contributed by atoms with Gasteiger partial charge in [0, 0.05) is 24.8 Å². The highest BCUT2D eigenvalue weighted by atomic mass is 16.2. The van der Waals surface area contributed by atoms with Gasteiger partial charge in [-0.05, 0) is 30.5 Å². The molecule has 1 aromatic rings. The van der Waals surface area contributed by atoms with E-state index in [4.69, 9.17) is 5.73 Å². The van der Waals surface area contributed by atoms with Crippen molar-refractivity contribution < 1.29 is 4.79 Å². The molecule has 0 bridgehead atoms. The van der Waals surface area contributed by atoms with Crippen LogP contribution in [0.3, 0.4) is 0 Å². The maximum atomic E-state index is 12.1. The van der Waals surface area contributed by atoms with Crippen LogP contribution in [0.5, 0.6) is 0 Å². The molecule has 1 atom stereocenters. The number of carbonyl (C=O) groups excluding carboxylic acids is 1. The van der Waals surface area contributed by atoms with Crippen LogP contribution in [0.25, 0.3) is 0 Å². The fraction of sp³-hybridized carbons (Fsp3) is 0.438. The Morgan fingerprint density at radius 2 is 2.15 bits per heavy atom. The summed E-state index contributed by atoms with van der Waals surface area (Å²) in [4.78, 5) is 14.2. The van der Waals surface area contributed by atoms with E-state index in [0.717, 1.165) is 25.1 Å². The monoisotopic (exact) mass is 273 g/mol. The first-order valence-corrected chi connectivity index (χ1v) is 7.22. The van der Waals surface area contributed by atoms with E-state index in [1.165, 1.54) is 5.56 Å². The van der Waals surface area contributed by atoms with Gasteiger partial charge in [-0.15, -0.1) is 0 Å². The van der Waals surface area contributed by atoms with Gasteiger partial charge in [-0.25, -0.2) is 0 Å². The van der Waals surface area contributed by atoms with Gasteiger partial charge < -0.3 is 11.1 Å². The molecule has 2 rings (SSSR count). The van der Waals surface area contributed by atoms with Crippen molar-refractivity contribution in [2.75, 3.05) is 25.0 Å². The Morgan fingerprint density at radius 1 is 1.40 bits per heavy atom. The number of benzene rings is 1. The van der Waals surface area contributed by atoms with Crippen LogP contribution in [0.2, 0.25) is 0 Å². The Bertz CT molecular complexity index is 467. The summed E-state index contributed by atoms with van der Waals surface area (Å²) in [5.74, 6) is 0.0167. The third-order valence-electron chi connectivity index (χ3n) is 3.64. The molecule has 0 saturated carbocycles. The van der Waals surface area contributed by atoms with Crippen LogP contribution in [-0.4, -0.2) is 36.5 Å². The van der Waals surface area contributed by atoms with E-state index in [9.17, 15) is 4.79 Å². The van der Waals surface area contributed by atoms with Crippen molar-refractivity contribution in [1.29, 1.82) is 0 Å². The first kappa shape index (κ1) is 14.8. The Hall–Kier alpha value is -1.65. The second kappa shape index (κ2) is 7.22. The summed E-state index contributed by atoms with van der Waals surface area (Å²) in [7, 11) is 0. The minimum atomic E-state index is 0.0167. The van der Waals surface area contributed by atoms with Gasteiger partial charge in [-0.2, -0.15) is 0 Å². The summed E-state index contributed by atoms with van der Waals surface area (Å²) in [6, 6.07) is 8.17. The van der Waals surface area contributed by atoms with Gasteiger partial charge in [0.2, 0.25) is 5.91 Å². The first-order valence-electron chi connectivity index (χ1n) is 7.22. The largest absolute Gasteiger partial charge is 0.329 e. The Kier molecular flexibility index (Phi) is 5.32. The number of nitrogens with zero attached hydrogens (tertiary/aromatic N) is 1. The van der Waals surface area contributed by atoms with Crippen LogP contribution in [-0.2, 0) is 11.2 Å². The molecule has 108 valence electrons. The molecular weight excluding hydrogens is 250 g/mol. The van der Waals surface area contributed by atoms with E-state index in [1.54, 1.807) is 0 Å². The molecule has 20 heavy (non-hydrogen) atoms. The molecule has 4 nitrogen and oxygen atoms in total. The zero-order valence-electron chi connectivity index (χ0n) is 12.0. The molecule has 4 heteroatoms. The van der Waals surface area contributed by atoms with Crippen molar-refractivity contribution in [3.63, 3.8) is 0 Å². The lowest BCUT2D eigenvalue weighted by atomic mass is 10.1. The lowest BCUT2D eigenvalue weighted by molar-refractivity contribution is -0.117. The van der Waals surface area contributed by atoms with Gasteiger partial charge in [-0.1, -0.05) is 31.2 Å². The summed E-state index contributed by atoms with van der Waals surface area (Å²) in [6.45, 7) is 3.95. The second-order valence-electron chi connectivity index (χ2n) is 5.09. The van der Waals surface area contributed by atoms with Crippen molar-refractivity contribution in [2.45, 2.75) is 25.8 Å². The summed E-state index contributed by atoms with van der Waals surface area (Å²) < 4.78 is 0. The van der Waals surface area contributed by atoms with Crippen molar-refractivity contribution >= 4 is 11.6 Å². The molecule has 0 saturated heterocycles. The number of aryl methyl sites for hydroxylation is 1. The van der Waals surface area contributed by atoms with Crippen molar-refractivity contribution in [1.82, 2.24) is 4.90 Å². The highest BCUT2D eigenvalue weighted by molar-refractivity contribution is 5.92. The van der Waals surface area contributed by atoms with E-state index in [1.807, 2.05) is 24.3 Å². The topological polar surface area (TPSA) is 58.4 Å². The molecule has 3 N–H and O–H groups in total. The number of nitrogens with one attached hydrogen (secondary N) is 1. The smallest absolute Gasteiger partial charge is 0.238 e. The van der Waals surface area contributed by atoms with E-state index >= 15 is 0 Å². The number of nitrogens with two attached hydrogens (primary N) is 1. The van der Waals surface area contributed by atoms with Crippen LogP contribution < -0.4 is 11.1 Å². The van der Waals surface area contributed by atoms with Crippen LogP contribution in [0.15, 0.2) is 36.4 Å². The highest BCUT2D eigenvalue weighted by Gasteiger charge is 2.19. The fourth-order valence-corrected chi connectivity index (χ4v) is 2.41. The molecule has 1 amide bonds. The third kappa shape index (κ3) is 3.92. The molecule has 1 heterocycles. The van der Waals surface area contributed by atoms with Gasteiger partial charge in [0.05, 0.1) is 6.54 Å². The first-order chi connectivity index (χ1) is 9.72.